The number of thioether (sulfide) groups is 1. The van der Waals surface area contributed by atoms with Crippen molar-refractivity contribution < 1.29 is 14.1 Å². The molecule has 1 fully saturated rings. The Bertz CT molecular complexity index is 625. The van der Waals surface area contributed by atoms with Crippen LogP contribution in [0.2, 0.25) is 0 Å². The van der Waals surface area contributed by atoms with Gasteiger partial charge in [-0.05, 0) is 57.3 Å². The molecule has 1 aromatic carbocycles. The fourth-order valence-electron chi connectivity index (χ4n) is 2.52. The molecule has 1 aliphatic rings. The van der Waals surface area contributed by atoms with E-state index in [1.807, 2.05) is 27.7 Å². The smallest absolute Gasteiger partial charge is 0.400 e. The Balaban J connectivity index is 2.25. The Kier molecular flexibility index (Phi) is 6.54. The van der Waals surface area contributed by atoms with Gasteiger partial charge in [0.2, 0.25) is 0 Å². The van der Waals surface area contributed by atoms with Gasteiger partial charge in [-0.3, -0.25) is 4.79 Å². The Morgan fingerprint density at radius 3 is 2.20 bits per heavy atom. The monoisotopic (exact) mass is 361 g/mol. The minimum Gasteiger partial charge on any atom is -0.400 e. The zero-order valence-electron chi connectivity index (χ0n) is 15.8. The van der Waals surface area contributed by atoms with Crippen LogP contribution in [0.1, 0.15) is 45.7 Å². The molecule has 2 rings (SSSR count). The number of carbonyl (C=O) groups is 1. The van der Waals surface area contributed by atoms with Crippen LogP contribution in [0.4, 0.5) is 0 Å². The fraction of sp³-hybridized carbons (Fsp3) is 0.526. The van der Waals surface area contributed by atoms with Crippen LogP contribution in [0.15, 0.2) is 29.7 Å². The molecule has 0 radical (unpaired) electrons. The van der Waals surface area contributed by atoms with Gasteiger partial charge in [-0.1, -0.05) is 42.1 Å². The number of rotatable bonds is 6. The number of hydrogen-bond donors (Lipinski definition) is 1. The van der Waals surface area contributed by atoms with Crippen molar-refractivity contribution in [3.63, 3.8) is 0 Å². The maximum absolute atomic E-state index is 11.4. The van der Waals surface area contributed by atoms with Crippen molar-refractivity contribution in [1.82, 2.24) is 0 Å². The standard InChI is InChI=1S/C19H28BNO3S/c1-14(22)25-13-17(20-23-18(2,3)19(4,5)24-20)12-16-8-6-15(7-9-16)10-11-21/h6-9,12H,10-11,13,21H2,1-5H3. The highest BCUT2D eigenvalue weighted by molar-refractivity contribution is 8.13. The molecule has 0 atom stereocenters. The minimum atomic E-state index is -0.444. The number of benzene rings is 1. The molecular weight excluding hydrogens is 333 g/mol. The van der Waals surface area contributed by atoms with Crippen LogP contribution < -0.4 is 5.73 Å². The SMILES string of the molecule is CC(=O)SCC(=Cc1ccc(CCN)cc1)B1OC(C)(C)C(C)(C)O1. The van der Waals surface area contributed by atoms with E-state index in [4.69, 9.17) is 15.0 Å². The van der Waals surface area contributed by atoms with E-state index in [2.05, 4.69) is 30.3 Å². The molecule has 0 aromatic heterocycles. The van der Waals surface area contributed by atoms with Gasteiger partial charge in [-0.25, -0.2) is 0 Å². The van der Waals surface area contributed by atoms with Crippen LogP contribution in [-0.2, 0) is 20.5 Å². The van der Waals surface area contributed by atoms with Gasteiger partial charge in [-0.2, -0.15) is 0 Å². The zero-order valence-corrected chi connectivity index (χ0v) is 16.6. The predicted octanol–water partition coefficient (Wildman–Crippen LogP) is 3.48. The van der Waals surface area contributed by atoms with E-state index < -0.39 is 18.3 Å². The van der Waals surface area contributed by atoms with E-state index in [0.29, 0.717) is 12.3 Å². The Morgan fingerprint density at radius 2 is 1.72 bits per heavy atom. The van der Waals surface area contributed by atoms with Crippen molar-refractivity contribution in [2.75, 3.05) is 12.3 Å². The zero-order chi connectivity index (χ0) is 18.7. The van der Waals surface area contributed by atoms with Gasteiger partial charge < -0.3 is 15.0 Å². The van der Waals surface area contributed by atoms with Gasteiger partial charge >= 0.3 is 7.12 Å². The average molecular weight is 361 g/mol. The number of carbonyl (C=O) groups excluding carboxylic acids is 1. The topological polar surface area (TPSA) is 61.6 Å². The first-order valence-corrected chi connectivity index (χ1v) is 9.61. The molecule has 0 unspecified atom stereocenters. The lowest BCUT2D eigenvalue weighted by Crippen LogP contribution is -2.41. The van der Waals surface area contributed by atoms with Crippen LogP contribution >= 0.6 is 11.8 Å². The van der Waals surface area contributed by atoms with Crippen molar-refractivity contribution in [3.05, 3.63) is 40.9 Å². The molecule has 4 nitrogen and oxygen atoms in total. The summed E-state index contributed by atoms with van der Waals surface area (Å²) in [6.45, 7) is 10.3. The second kappa shape index (κ2) is 8.08. The first-order chi connectivity index (χ1) is 11.6. The van der Waals surface area contributed by atoms with Crippen molar-refractivity contribution in [1.29, 1.82) is 0 Å². The fourth-order valence-corrected chi connectivity index (χ4v) is 3.11. The summed E-state index contributed by atoms with van der Waals surface area (Å²) in [6, 6.07) is 8.29. The lowest BCUT2D eigenvalue weighted by molar-refractivity contribution is -0.109. The maximum Gasteiger partial charge on any atom is 0.491 e. The van der Waals surface area contributed by atoms with Gasteiger partial charge in [-0.15, -0.1) is 0 Å². The van der Waals surface area contributed by atoms with Gasteiger partial charge in [0.1, 0.15) is 0 Å². The molecule has 0 aliphatic carbocycles. The third-order valence-electron chi connectivity index (χ3n) is 4.76. The quantitative estimate of drug-likeness (QED) is 0.786. The maximum atomic E-state index is 11.4. The third-order valence-corrected chi connectivity index (χ3v) is 5.65. The van der Waals surface area contributed by atoms with Crippen LogP contribution in [-0.4, -0.2) is 35.7 Å². The van der Waals surface area contributed by atoms with E-state index in [9.17, 15) is 4.79 Å². The third kappa shape index (κ3) is 5.20. The van der Waals surface area contributed by atoms with E-state index in [-0.39, 0.29) is 5.12 Å². The molecule has 0 spiro atoms. The van der Waals surface area contributed by atoms with E-state index in [1.54, 1.807) is 6.92 Å². The second-order valence-corrected chi connectivity index (χ2v) is 8.52. The van der Waals surface area contributed by atoms with Crippen LogP contribution in [0.25, 0.3) is 6.08 Å². The van der Waals surface area contributed by atoms with Gasteiger partial charge in [0.15, 0.2) is 5.12 Å². The van der Waals surface area contributed by atoms with Crippen LogP contribution in [0, 0.1) is 0 Å². The molecule has 136 valence electrons. The number of hydrogen-bond acceptors (Lipinski definition) is 5. The van der Waals surface area contributed by atoms with E-state index in [1.165, 1.54) is 17.3 Å². The number of nitrogens with two attached hydrogens (primary N) is 1. The highest BCUT2D eigenvalue weighted by Crippen LogP contribution is 2.39. The summed E-state index contributed by atoms with van der Waals surface area (Å²) in [5, 5.41) is 0.0840. The average Bonchev–Trinajstić information content (AvgIpc) is 2.73. The molecule has 1 heterocycles. The minimum absolute atomic E-state index is 0.0840. The summed E-state index contributed by atoms with van der Waals surface area (Å²) in [5.41, 5.74) is 8.05. The lowest BCUT2D eigenvalue weighted by Gasteiger charge is -2.32. The van der Waals surface area contributed by atoms with Crippen molar-refractivity contribution in [3.8, 4) is 0 Å². The summed E-state index contributed by atoms with van der Waals surface area (Å²) >= 11 is 1.27. The Labute approximate surface area is 155 Å². The molecule has 1 aromatic rings. The molecule has 1 aliphatic heterocycles. The normalized spacial score (nSPS) is 19.3. The van der Waals surface area contributed by atoms with Crippen LogP contribution in [0.5, 0.6) is 0 Å². The summed E-state index contributed by atoms with van der Waals surface area (Å²) in [5.74, 6) is 0.552. The Morgan fingerprint density at radius 1 is 1.16 bits per heavy atom. The van der Waals surface area contributed by atoms with E-state index >= 15 is 0 Å². The molecule has 6 heteroatoms. The largest absolute Gasteiger partial charge is 0.491 e. The van der Waals surface area contributed by atoms with Crippen molar-refractivity contribution in [2.24, 2.45) is 5.73 Å². The summed E-state index contributed by atoms with van der Waals surface area (Å²) in [7, 11) is -0.444. The lowest BCUT2D eigenvalue weighted by atomic mass is 9.78. The Hall–Kier alpha value is -1.08. The highest BCUT2D eigenvalue weighted by atomic mass is 32.2. The molecule has 0 amide bonds. The molecule has 1 saturated heterocycles. The summed E-state index contributed by atoms with van der Waals surface area (Å²) in [6.07, 6.45) is 2.93. The van der Waals surface area contributed by atoms with Crippen LogP contribution in [0.3, 0.4) is 0 Å². The first kappa shape index (κ1) is 20.2. The van der Waals surface area contributed by atoms with Gasteiger partial charge in [0, 0.05) is 12.7 Å². The molecule has 0 saturated carbocycles. The highest BCUT2D eigenvalue weighted by Gasteiger charge is 2.52. The molecule has 2 N–H and O–H groups in total. The molecule has 0 bridgehead atoms. The van der Waals surface area contributed by atoms with Gasteiger partial charge in [0.25, 0.3) is 0 Å². The summed E-state index contributed by atoms with van der Waals surface area (Å²) in [4.78, 5) is 11.4. The molecular formula is C19H28BNO3S. The first-order valence-electron chi connectivity index (χ1n) is 8.63. The van der Waals surface area contributed by atoms with Gasteiger partial charge in [0.05, 0.1) is 11.2 Å². The second-order valence-electron chi connectivity index (χ2n) is 7.37. The van der Waals surface area contributed by atoms with Crippen molar-refractivity contribution >= 4 is 30.1 Å². The summed E-state index contributed by atoms with van der Waals surface area (Å²) < 4.78 is 12.3. The molecule has 25 heavy (non-hydrogen) atoms. The predicted molar refractivity (Wildman–Crippen MR) is 106 cm³/mol. The van der Waals surface area contributed by atoms with Crippen molar-refractivity contribution in [2.45, 2.75) is 52.2 Å². The van der Waals surface area contributed by atoms with E-state index in [0.717, 1.165) is 17.5 Å².